The lowest BCUT2D eigenvalue weighted by Gasteiger charge is -2.44. The van der Waals surface area contributed by atoms with Crippen LogP contribution in [0.2, 0.25) is 0 Å². The third-order valence-corrected chi connectivity index (χ3v) is 9.68. The molecule has 1 saturated heterocycles. The topological polar surface area (TPSA) is 20.2 Å². The van der Waals surface area contributed by atoms with E-state index in [0.717, 1.165) is 11.3 Å². The van der Waals surface area contributed by atoms with E-state index >= 15 is 0 Å². The zero-order valence-electron chi connectivity index (χ0n) is 13.6. The normalized spacial score (nSPS) is 36.6. The summed E-state index contributed by atoms with van der Waals surface area (Å²) in [6.45, 7) is 2.54. The highest BCUT2D eigenvalue weighted by molar-refractivity contribution is 8.21. The smallest absolute Gasteiger partial charge is 0.0617 e. The van der Waals surface area contributed by atoms with Crippen molar-refractivity contribution in [3.8, 4) is 0 Å². The summed E-state index contributed by atoms with van der Waals surface area (Å²) in [5.41, 5.74) is 0.718. The van der Waals surface area contributed by atoms with Gasteiger partial charge in [-0.2, -0.15) is 0 Å². The minimum Gasteiger partial charge on any atom is -0.396 e. The summed E-state index contributed by atoms with van der Waals surface area (Å²) in [6, 6.07) is 0. The van der Waals surface area contributed by atoms with Crippen LogP contribution in [0.4, 0.5) is 0 Å². The molecular formula is C18H32OS2. The fourth-order valence-corrected chi connectivity index (χ4v) is 8.67. The lowest BCUT2D eigenvalue weighted by Crippen LogP contribution is -2.34. The molecule has 0 aromatic heterocycles. The van der Waals surface area contributed by atoms with Crippen LogP contribution >= 0.6 is 23.5 Å². The first kappa shape index (κ1) is 16.5. The minimum atomic E-state index is 0.367. The molecule has 2 aliphatic carbocycles. The Hall–Kier alpha value is 0.660. The van der Waals surface area contributed by atoms with E-state index in [9.17, 15) is 0 Å². The number of hydrogen-bond donors (Lipinski definition) is 1. The van der Waals surface area contributed by atoms with Crippen LogP contribution in [0.1, 0.15) is 71.1 Å². The Bertz CT molecular complexity index is 340. The van der Waals surface area contributed by atoms with E-state index in [1.54, 1.807) is 0 Å². The molecule has 1 heterocycles. The van der Waals surface area contributed by atoms with Crippen molar-refractivity contribution in [3.63, 3.8) is 0 Å². The Labute approximate surface area is 139 Å². The first-order chi connectivity index (χ1) is 10.2. The van der Waals surface area contributed by atoms with Crippen molar-refractivity contribution in [1.29, 1.82) is 0 Å². The first-order valence-electron chi connectivity index (χ1n) is 9.04. The van der Waals surface area contributed by atoms with Crippen LogP contribution in [0.3, 0.4) is 0 Å². The van der Waals surface area contributed by atoms with E-state index in [2.05, 4.69) is 30.4 Å². The molecule has 2 spiro atoms. The highest BCUT2D eigenvalue weighted by atomic mass is 32.2. The largest absolute Gasteiger partial charge is 0.396 e. The molecule has 1 aliphatic heterocycles. The van der Waals surface area contributed by atoms with Gasteiger partial charge in [0, 0.05) is 18.1 Å². The SMILES string of the molecule is CC(CO)CCCC1CCC2(CCCC3(C2)SCCS3)C1. The van der Waals surface area contributed by atoms with Crippen molar-refractivity contribution in [1.82, 2.24) is 0 Å². The molecule has 0 radical (unpaired) electrons. The van der Waals surface area contributed by atoms with Crippen LogP contribution in [-0.4, -0.2) is 27.3 Å². The molecule has 3 atom stereocenters. The van der Waals surface area contributed by atoms with Gasteiger partial charge in [-0.25, -0.2) is 0 Å². The summed E-state index contributed by atoms with van der Waals surface area (Å²) in [6.07, 6.45) is 14.5. The molecule has 3 aliphatic rings. The monoisotopic (exact) mass is 328 g/mol. The van der Waals surface area contributed by atoms with Crippen LogP contribution in [0.15, 0.2) is 0 Å². The van der Waals surface area contributed by atoms with E-state index in [4.69, 9.17) is 5.11 Å². The second-order valence-electron chi connectivity index (χ2n) is 7.97. The fourth-order valence-electron chi connectivity index (χ4n) is 5.03. The van der Waals surface area contributed by atoms with Crippen molar-refractivity contribution in [2.45, 2.75) is 75.2 Å². The van der Waals surface area contributed by atoms with Crippen molar-refractivity contribution >= 4 is 23.5 Å². The zero-order valence-corrected chi connectivity index (χ0v) is 15.2. The average Bonchev–Trinajstić information content (AvgIpc) is 3.07. The highest BCUT2D eigenvalue weighted by Gasteiger charge is 2.49. The lowest BCUT2D eigenvalue weighted by atomic mass is 9.71. The van der Waals surface area contributed by atoms with E-state index in [-0.39, 0.29) is 0 Å². The van der Waals surface area contributed by atoms with Gasteiger partial charge in [-0.05, 0) is 62.2 Å². The minimum absolute atomic E-state index is 0.367. The summed E-state index contributed by atoms with van der Waals surface area (Å²) >= 11 is 4.58. The number of thioether (sulfide) groups is 2. The predicted octanol–water partition coefficient (Wildman–Crippen LogP) is 5.32. The highest BCUT2D eigenvalue weighted by Crippen LogP contribution is 2.62. The standard InChI is InChI=1S/C18H32OS2/c1-15(13-19)4-2-5-16-6-9-17(12-16)7-3-8-18(14-17)20-10-11-21-18/h15-16,19H,2-14H2,1H3. The molecule has 0 bridgehead atoms. The fraction of sp³-hybridized carbons (Fsp3) is 1.00. The van der Waals surface area contributed by atoms with Gasteiger partial charge in [0.05, 0.1) is 4.08 Å². The maximum Gasteiger partial charge on any atom is 0.0617 e. The van der Waals surface area contributed by atoms with E-state index in [1.165, 1.54) is 75.7 Å². The molecule has 3 unspecified atom stereocenters. The molecule has 0 amide bonds. The van der Waals surface area contributed by atoms with Crippen molar-refractivity contribution in [2.75, 3.05) is 18.1 Å². The third kappa shape index (κ3) is 3.95. The summed E-state index contributed by atoms with van der Waals surface area (Å²) in [7, 11) is 0. The average molecular weight is 329 g/mol. The molecule has 21 heavy (non-hydrogen) atoms. The molecule has 3 heteroatoms. The predicted molar refractivity (Wildman–Crippen MR) is 96.0 cm³/mol. The van der Waals surface area contributed by atoms with Crippen molar-refractivity contribution in [2.24, 2.45) is 17.3 Å². The zero-order chi connectivity index (χ0) is 14.8. The number of hydrogen-bond acceptors (Lipinski definition) is 3. The maximum atomic E-state index is 9.14. The van der Waals surface area contributed by atoms with Gasteiger partial charge in [0.1, 0.15) is 0 Å². The summed E-state index contributed by atoms with van der Waals surface area (Å²) in [5, 5.41) is 9.14. The summed E-state index contributed by atoms with van der Waals surface area (Å²) in [5.74, 6) is 4.28. The summed E-state index contributed by atoms with van der Waals surface area (Å²) in [4.78, 5) is 0. The summed E-state index contributed by atoms with van der Waals surface area (Å²) < 4.78 is 0.624. The van der Waals surface area contributed by atoms with Crippen LogP contribution in [0, 0.1) is 17.3 Å². The van der Waals surface area contributed by atoms with Crippen molar-refractivity contribution < 1.29 is 5.11 Å². The number of rotatable bonds is 5. The van der Waals surface area contributed by atoms with E-state index in [0.29, 0.717) is 16.6 Å². The Morgan fingerprint density at radius 3 is 2.76 bits per heavy atom. The van der Waals surface area contributed by atoms with Gasteiger partial charge in [-0.3, -0.25) is 0 Å². The molecule has 1 nitrogen and oxygen atoms in total. The molecule has 3 fully saturated rings. The van der Waals surface area contributed by atoms with Gasteiger partial charge in [0.15, 0.2) is 0 Å². The van der Waals surface area contributed by atoms with Gasteiger partial charge in [0.25, 0.3) is 0 Å². The Kier molecular flexibility index (Phi) is 5.54. The van der Waals surface area contributed by atoms with Crippen LogP contribution in [-0.2, 0) is 0 Å². The second-order valence-corrected chi connectivity index (χ2v) is 11.2. The maximum absolute atomic E-state index is 9.14. The number of aliphatic hydroxyl groups excluding tert-OH is 1. The van der Waals surface area contributed by atoms with E-state index < -0.39 is 0 Å². The Balaban J connectivity index is 1.49. The first-order valence-corrected chi connectivity index (χ1v) is 11.0. The molecule has 0 aromatic rings. The van der Waals surface area contributed by atoms with Crippen LogP contribution in [0.5, 0.6) is 0 Å². The molecule has 122 valence electrons. The molecule has 2 saturated carbocycles. The van der Waals surface area contributed by atoms with Gasteiger partial charge >= 0.3 is 0 Å². The Morgan fingerprint density at radius 1 is 1.19 bits per heavy atom. The molecule has 1 N–H and O–H groups in total. The van der Waals surface area contributed by atoms with Gasteiger partial charge < -0.3 is 5.11 Å². The Morgan fingerprint density at radius 2 is 2.00 bits per heavy atom. The quantitative estimate of drug-likeness (QED) is 0.737. The third-order valence-electron chi connectivity index (χ3n) is 6.15. The van der Waals surface area contributed by atoms with Gasteiger partial charge in [-0.15, -0.1) is 23.5 Å². The molecular weight excluding hydrogens is 296 g/mol. The van der Waals surface area contributed by atoms with Gasteiger partial charge in [0.2, 0.25) is 0 Å². The lowest BCUT2D eigenvalue weighted by molar-refractivity contribution is 0.183. The van der Waals surface area contributed by atoms with Crippen molar-refractivity contribution in [3.05, 3.63) is 0 Å². The van der Waals surface area contributed by atoms with E-state index in [1.807, 2.05) is 0 Å². The van der Waals surface area contributed by atoms with Crippen LogP contribution in [0.25, 0.3) is 0 Å². The molecule has 0 aromatic carbocycles. The number of aliphatic hydroxyl groups is 1. The van der Waals surface area contributed by atoms with Gasteiger partial charge in [-0.1, -0.05) is 26.2 Å². The second kappa shape index (κ2) is 7.05. The van der Waals surface area contributed by atoms with Crippen LogP contribution < -0.4 is 0 Å². The molecule has 3 rings (SSSR count).